The third kappa shape index (κ3) is 7.83. The van der Waals surface area contributed by atoms with Crippen LogP contribution in [0.15, 0.2) is 47.7 Å². The van der Waals surface area contributed by atoms with Gasteiger partial charge in [0.05, 0.1) is 7.11 Å². The van der Waals surface area contributed by atoms with Gasteiger partial charge in [-0.05, 0) is 153 Å². The molecule has 0 heterocycles. The lowest BCUT2D eigenvalue weighted by Gasteiger charge is -2.42. The van der Waals surface area contributed by atoms with E-state index in [9.17, 15) is 4.79 Å². The maximum atomic E-state index is 14.1. The Hall–Kier alpha value is -1.12. The lowest BCUT2D eigenvalue weighted by molar-refractivity contribution is -0.124. The number of allylic oxidation sites excluding steroid dienone is 3. The Kier molecular flexibility index (Phi) is 10.7. The molecule has 1 aromatic carbocycles. The van der Waals surface area contributed by atoms with Gasteiger partial charge < -0.3 is 14.1 Å². The average molecular weight is 678 g/mol. The minimum Gasteiger partial charge on any atom is -0.497 e. The molecule has 0 bridgehead atoms. The predicted octanol–water partition coefficient (Wildman–Crippen LogP) is 9.51. The lowest BCUT2D eigenvalue weighted by Crippen LogP contribution is -2.46. The maximum absolute atomic E-state index is 14.1. The van der Waals surface area contributed by atoms with Gasteiger partial charge in [-0.1, -0.05) is 32.9 Å². The minimum absolute atomic E-state index is 0.102. The van der Waals surface area contributed by atoms with E-state index < -0.39 is 8.32 Å². The van der Waals surface area contributed by atoms with Crippen molar-refractivity contribution in [3.05, 3.63) is 51.3 Å². The Morgan fingerprint density at radius 1 is 1.05 bits per heavy atom. The molecule has 2 saturated carbocycles. The molecule has 0 N–H and O–H groups in total. The summed E-state index contributed by atoms with van der Waals surface area (Å²) in [4.78, 5) is 16.3. The Balaban J connectivity index is 1.37. The number of rotatable bonds is 8. The first kappa shape index (κ1) is 31.8. The van der Waals surface area contributed by atoms with Gasteiger partial charge in [0, 0.05) is 27.8 Å². The summed E-state index contributed by atoms with van der Waals surface area (Å²) in [5.41, 5.74) is 2.44. The first-order valence-electron chi connectivity index (χ1n) is 15.5. The summed E-state index contributed by atoms with van der Waals surface area (Å²) < 4.78 is 13.4. The lowest BCUT2D eigenvalue weighted by atomic mass is 9.72. The quantitative estimate of drug-likeness (QED) is 0.203. The SMILES string of the molecule is COC1=C(C)CC([C@H]2CC[C@H](CN(C(=O)C3CCC(O[Si](C)(C)C(C)(C)C)CC3)c3cccc(I)c3)CC2)C=C1. The van der Waals surface area contributed by atoms with E-state index in [0.717, 1.165) is 56.0 Å². The minimum atomic E-state index is -1.79. The first-order valence-corrected chi connectivity index (χ1v) is 19.5. The number of benzene rings is 1. The molecule has 1 unspecified atom stereocenters. The summed E-state index contributed by atoms with van der Waals surface area (Å²) in [7, 11) is -0.0205. The number of amides is 1. The average Bonchev–Trinajstić information content (AvgIpc) is 2.91. The van der Waals surface area contributed by atoms with E-state index in [2.05, 4.69) is 105 Å². The van der Waals surface area contributed by atoms with Crippen LogP contribution in [0.3, 0.4) is 0 Å². The molecule has 6 heteroatoms. The largest absolute Gasteiger partial charge is 0.497 e. The molecule has 4 nitrogen and oxygen atoms in total. The fourth-order valence-corrected chi connectivity index (χ4v) is 8.66. The second-order valence-electron chi connectivity index (χ2n) is 14.1. The monoisotopic (exact) mass is 677 g/mol. The second kappa shape index (κ2) is 13.5. The van der Waals surface area contributed by atoms with Crippen LogP contribution in [0.1, 0.15) is 85.5 Å². The summed E-state index contributed by atoms with van der Waals surface area (Å²) in [6.45, 7) is 14.7. The van der Waals surface area contributed by atoms with Gasteiger partial charge in [-0.2, -0.15) is 0 Å². The van der Waals surface area contributed by atoms with E-state index in [1.165, 1.54) is 34.8 Å². The molecule has 40 heavy (non-hydrogen) atoms. The zero-order chi connectivity index (χ0) is 29.1. The number of halogens is 1. The van der Waals surface area contributed by atoms with Crippen molar-refractivity contribution in [1.29, 1.82) is 0 Å². The molecule has 3 aliphatic rings. The standard InChI is InChI=1S/C34H52INO3Si/c1-24-21-28(17-20-32(24)38-5)26-13-11-25(12-14-26)23-36(30-10-8-9-29(35)22-30)33(37)27-15-18-31(19-16-27)39-40(6,7)34(2,3)4/h8-10,17,20,22,25-28,31H,11-16,18-19,21,23H2,1-7H3/t25-,26-,27?,28?,31?. The number of methoxy groups -OCH3 is 1. The van der Waals surface area contributed by atoms with Crippen LogP contribution in [-0.2, 0) is 14.0 Å². The molecular weight excluding hydrogens is 625 g/mol. The van der Waals surface area contributed by atoms with E-state index in [1.54, 1.807) is 7.11 Å². The molecule has 4 rings (SSSR count). The fourth-order valence-electron chi connectivity index (χ4n) is 6.71. The number of hydrogen-bond donors (Lipinski definition) is 0. The van der Waals surface area contributed by atoms with Crippen LogP contribution in [0.2, 0.25) is 18.1 Å². The molecule has 0 saturated heterocycles. The summed E-state index contributed by atoms with van der Waals surface area (Å²) in [6.07, 6.45) is 14.8. The van der Waals surface area contributed by atoms with Gasteiger partial charge in [-0.25, -0.2) is 0 Å². The van der Waals surface area contributed by atoms with Crippen molar-refractivity contribution in [2.75, 3.05) is 18.6 Å². The molecule has 0 aliphatic heterocycles. The number of ether oxygens (including phenoxy) is 1. The van der Waals surface area contributed by atoms with Crippen LogP contribution in [-0.4, -0.2) is 34.0 Å². The topological polar surface area (TPSA) is 38.8 Å². The Morgan fingerprint density at radius 2 is 1.73 bits per heavy atom. The smallest absolute Gasteiger partial charge is 0.230 e. The highest BCUT2D eigenvalue weighted by Crippen LogP contribution is 2.42. The Morgan fingerprint density at radius 3 is 2.30 bits per heavy atom. The third-order valence-corrected chi connectivity index (χ3v) is 15.5. The summed E-state index contributed by atoms with van der Waals surface area (Å²) in [5.74, 6) is 3.40. The predicted molar refractivity (Wildman–Crippen MR) is 178 cm³/mol. The molecule has 0 radical (unpaired) electrons. The number of carbonyl (C=O) groups excluding carboxylic acids is 1. The van der Waals surface area contributed by atoms with Gasteiger partial charge in [-0.3, -0.25) is 4.79 Å². The van der Waals surface area contributed by atoms with Crippen molar-refractivity contribution in [1.82, 2.24) is 0 Å². The van der Waals surface area contributed by atoms with Crippen molar-refractivity contribution < 1.29 is 14.0 Å². The molecule has 222 valence electrons. The Bertz CT molecular complexity index is 1070. The van der Waals surface area contributed by atoms with Crippen molar-refractivity contribution in [3.63, 3.8) is 0 Å². The highest BCUT2D eigenvalue weighted by Gasteiger charge is 2.41. The van der Waals surface area contributed by atoms with Crippen LogP contribution in [0, 0.1) is 27.2 Å². The van der Waals surface area contributed by atoms with Crippen LogP contribution >= 0.6 is 22.6 Å². The molecule has 1 amide bonds. The number of anilines is 1. The van der Waals surface area contributed by atoms with Crippen LogP contribution < -0.4 is 4.90 Å². The molecule has 2 fully saturated rings. The summed E-state index contributed by atoms with van der Waals surface area (Å²) in [5, 5.41) is 0.218. The summed E-state index contributed by atoms with van der Waals surface area (Å²) in [6, 6.07) is 8.53. The molecule has 0 spiro atoms. The van der Waals surface area contributed by atoms with Gasteiger partial charge >= 0.3 is 0 Å². The van der Waals surface area contributed by atoms with Crippen molar-refractivity contribution in [2.45, 2.75) is 110 Å². The highest BCUT2D eigenvalue weighted by atomic mass is 127. The fraction of sp³-hybridized carbons (Fsp3) is 0.676. The van der Waals surface area contributed by atoms with E-state index >= 15 is 0 Å². The van der Waals surface area contributed by atoms with Gasteiger partial charge in [0.15, 0.2) is 8.32 Å². The molecule has 1 aromatic rings. The number of carbonyl (C=O) groups is 1. The van der Waals surface area contributed by atoms with Crippen molar-refractivity contribution in [2.24, 2.45) is 23.7 Å². The van der Waals surface area contributed by atoms with Gasteiger partial charge in [0.1, 0.15) is 5.76 Å². The summed E-state index contributed by atoms with van der Waals surface area (Å²) >= 11 is 2.37. The third-order valence-electron chi connectivity index (χ3n) is 10.3. The highest BCUT2D eigenvalue weighted by molar-refractivity contribution is 14.1. The molecule has 1 atom stereocenters. The van der Waals surface area contributed by atoms with Gasteiger partial charge in [0.2, 0.25) is 5.91 Å². The van der Waals surface area contributed by atoms with Gasteiger partial charge in [-0.15, -0.1) is 0 Å². The normalized spacial score (nSPS) is 27.9. The second-order valence-corrected chi connectivity index (χ2v) is 20.1. The molecule has 0 aromatic heterocycles. The Labute approximate surface area is 258 Å². The zero-order valence-corrected chi connectivity index (χ0v) is 29.1. The number of hydrogen-bond acceptors (Lipinski definition) is 3. The van der Waals surface area contributed by atoms with Crippen molar-refractivity contribution in [3.8, 4) is 0 Å². The van der Waals surface area contributed by atoms with E-state index in [4.69, 9.17) is 9.16 Å². The van der Waals surface area contributed by atoms with E-state index in [-0.39, 0.29) is 11.0 Å². The number of nitrogens with zero attached hydrogens (tertiary/aromatic N) is 1. The molecule has 3 aliphatic carbocycles. The van der Waals surface area contributed by atoms with Crippen LogP contribution in [0.5, 0.6) is 0 Å². The first-order chi connectivity index (χ1) is 18.9. The zero-order valence-electron chi connectivity index (χ0n) is 26.0. The molecular formula is C34H52INO3Si. The van der Waals surface area contributed by atoms with E-state index in [0.29, 0.717) is 23.8 Å². The van der Waals surface area contributed by atoms with E-state index in [1.807, 2.05) is 0 Å². The maximum Gasteiger partial charge on any atom is 0.230 e. The van der Waals surface area contributed by atoms with Crippen molar-refractivity contribution >= 4 is 42.5 Å². The van der Waals surface area contributed by atoms with Gasteiger partial charge in [0.25, 0.3) is 0 Å². The van der Waals surface area contributed by atoms with Crippen LogP contribution in [0.4, 0.5) is 5.69 Å². The van der Waals surface area contributed by atoms with Crippen LogP contribution in [0.25, 0.3) is 0 Å².